The number of ether oxygens (including phenoxy) is 1. The number of nitriles is 1. The van der Waals surface area contributed by atoms with Gasteiger partial charge in [0.2, 0.25) is 0 Å². The van der Waals surface area contributed by atoms with E-state index in [0.717, 1.165) is 25.3 Å². The van der Waals surface area contributed by atoms with Crippen LogP contribution >= 0.6 is 0 Å². The van der Waals surface area contributed by atoms with Gasteiger partial charge in [-0.2, -0.15) is 14.0 Å². The zero-order valence-corrected chi connectivity index (χ0v) is 16.9. The van der Waals surface area contributed by atoms with Crippen LogP contribution in [0.25, 0.3) is 0 Å². The van der Waals surface area contributed by atoms with E-state index in [4.69, 9.17) is 5.26 Å². The highest BCUT2D eigenvalue weighted by atomic mass is 19.3. The molecule has 2 aromatic rings. The highest BCUT2D eigenvalue weighted by Crippen LogP contribution is 2.41. The van der Waals surface area contributed by atoms with Crippen LogP contribution in [0.3, 0.4) is 0 Å². The molecule has 1 fully saturated rings. The zero-order chi connectivity index (χ0) is 22.6. The summed E-state index contributed by atoms with van der Waals surface area (Å²) >= 11 is 0. The van der Waals surface area contributed by atoms with Gasteiger partial charge in [-0.1, -0.05) is 31.4 Å². The van der Waals surface area contributed by atoms with Crippen molar-refractivity contribution in [2.24, 2.45) is 0 Å². The van der Waals surface area contributed by atoms with Gasteiger partial charge in [-0.15, -0.1) is 6.58 Å². The maximum atomic E-state index is 15.4. The average Bonchev–Trinajstić information content (AvgIpc) is 2.72. The Labute approximate surface area is 178 Å². The summed E-state index contributed by atoms with van der Waals surface area (Å²) in [5.41, 5.74) is -0.979. The molecule has 0 spiro atoms. The zero-order valence-electron chi connectivity index (χ0n) is 16.9. The number of benzene rings is 2. The molecule has 0 radical (unpaired) electrons. The second kappa shape index (κ2) is 9.51. The highest BCUT2D eigenvalue weighted by Gasteiger charge is 2.40. The van der Waals surface area contributed by atoms with Gasteiger partial charge in [-0.05, 0) is 48.8 Å². The lowest BCUT2D eigenvalue weighted by Gasteiger charge is -2.27. The lowest BCUT2D eigenvalue weighted by atomic mass is 9.80. The molecule has 0 amide bonds. The third kappa shape index (κ3) is 4.90. The monoisotopic (exact) mass is 435 g/mol. The van der Waals surface area contributed by atoms with Crippen molar-refractivity contribution in [3.05, 3.63) is 76.6 Å². The van der Waals surface area contributed by atoms with Crippen LogP contribution in [0.5, 0.6) is 5.75 Å². The van der Waals surface area contributed by atoms with Crippen molar-refractivity contribution in [2.45, 2.75) is 57.0 Å². The third-order valence-electron chi connectivity index (χ3n) is 5.59. The number of nitrogens with zero attached hydrogens (tertiary/aromatic N) is 1. The first-order chi connectivity index (χ1) is 14.8. The normalized spacial score (nSPS) is 14.8. The second-order valence-corrected chi connectivity index (χ2v) is 7.65. The van der Waals surface area contributed by atoms with Crippen LogP contribution in [0.1, 0.15) is 66.7 Å². The summed E-state index contributed by atoms with van der Waals surface area (Å²) in [4.78, 5) is 0. The number of hydrogen-bond donors (Lipinski definition) is 0. The standard InChI is InChI=1S/C24H22F5NO/c1-2-3-7-16-10-11-19(23(27)22(16)15-8-5-4-6-9-15)24(28,29)31-17-12-20(25)18(14-30)21(26)13-17/h2,10-13,15H,1,3-9H2. The van der Waals surface area contributed by atoms with Gasteiger partial charge < -0.3 is 4.74 Å². The van der Waals surface area contributed by atoms with Crippen LogP contribution in [-0.4, -0.2) is 0 Å². The summed E-state index contributed by atoms with van der Waals surface area (Å²) in [6.45, 7) is 3.66. The maximum absolute atomic E-state index is 15.4. The Morgan fingerprint density at radius 3 is 2.32 bits per heavy atom. The van der Waals surface area contributed by atoms with Crippen LogP contribution in [-0.2, 0) is 12.5 Å². The molecule has 0 unspecified atom stereocenters. The van der Waals surface area contributed by atoms with E-state index in [1.165, 1.54) is 12.1 Å². The molecule has 2 aromatic carbocycles. The van der Waals surface area contributed by atoms with Gasteiger partial charge in [0.1, 0.15) is 40.4 Å². The summed E-state index contributed by atoms with van der Waals surface area (Å²) < 4.78 is 77.3. The quantitative estimate of drug-likeness (QED) is 0.338. The van der Waals surface area contributed by atoms with Gasteiger partial charge in [0.05, 0.1) is 0 Å². The Bertz CT molecular complexity index is 983. The number of aryl methyl sites for hydroxylation is 1. The predicted molar refractivity (Wildman–Crippen MR) is 106 cm³/mol. The molecular weight excluding hydrogens is 413 g/mol. The van der Waals surface area contributed by atoms with E-state index < -0.39 is 40.4 Å². The summed E-state index contributed by atoms with van der Waals surface area (Å²) in [5, 5.41) is 8.70. The second-order valence-electron chi connectivity index (χ2n) is 7.65. The van der Waals surface area contributed by atoms with E-state index in [1.54, 1.807) is 6.08 Å². The molecule has 0 saturated heterocycles. The van der Waals surface area contributed by atoms with Gasteiger partial charge in [0, 0.05) is 12.1 Å². The van der Waals surface area contributed by atoms with Crippen molar-refractivity contribution in [2.75, 3.05) is 0 Å². The Morgan fingerprint density at radius 1 is 1.10 bits per heavy atom. The van der Waals surface area contributed by atoms with Crippen LogP contribution in [0.2, 0.25) is 0 Å². The fraction of sp³-hybridized carbons (Fsp3) is 0.375. The molecule has 0 N–H and O–H groups in total. The molecule has 1 saturated carbocycles. The molecular formula is C24H22F5NO. The molecule has 3 rings (SSSR count). The number of alkyl halides is 2. The van der Waals surface area contributed by atoms with Crippen LogP contribution < -0.4 is 4.74 Å². The summed E-state index contributed by atoms with van der Waals surface area (Å²) in [6, 6.07) is 4.68. The van der Waals surface area contributed by atoms with Crippen molar-refractivity contribution in [3.8, 4) is 11.8 Å². The van der Waals surface area contributed by atoms with Crippen molar-refractivity contribution >= 4 is 0 Å². The average molecular weight is 435 g/mol. The van der Waals surface area contributed by atoms with Crippen molar-refractivity contribution in [1.29, 1.82) is 5.26 Å². The van der Waals surface area contributed by atoms with Gasteiger partial charge >= 0.3 is 6.11 Å². The Morgan fingerprint density at radius 2 is 1.74 bits per heavy atom. The maximum Gasteiger partial charge on any atom is 0.429 e. The van der Waals surface area contributed by atoms with Gasteiger partial charge in [-0.25, -0.2) is 13.2 Å². The van der Waals surface area contributed by atoms with Gasteiger partial charge in [-0.3, -0.25) is 0 Å². The largest absolute Gasteiger partial charge is 0.429 e. The summed E-state index contributed by atoms with van der Waals surface area (Å²) in [7, 11) is 0. The number of rotatable bonds is 7. The van der Waals surface area contributed by atoms with E-state index in [-0.39, 0.29) is 11.5 Å². The lowest BCUT2D eigenvalue weighted by Crippen LogP contribution is -2.25. The van der Waals surface area contributed by atoms with Crippen LogP contribution in [0, 0.1) is 28.8 Å². The summed E-state index contributed by atoms with van der Waals surface area (Å²) in [5.74, 6) is -4.73. The molecule has 7 heteroatoms. The predicted octanol–water partition coefficient (Wildman–Crippen LogP) is 7.27. The van der Waals surface area contributed by atoms with Crippen molar-refractivity contribution in [1.82, 2.24) is 0 Å². The molecule has 0 aromatic heterocycles. The van der Waals surface area contributed by atoms with E-state index in [9.17, 15) is 17.6 Å². The summed E-state index contributed by atoms with van der Waals surface area (Å²) in [6.07, 6.45) is 2.80. The van der Waals surface area contributed by atoms with E-state index in [0.29, 0.717) is 43.4 Å². The number of halogens is 5. The topological polar surface area (TPSA) is 33.0 Å². The first-order valence-corrected chi connectivity index (χ1v) is 10.2. The van der Waals surface area contributed by atoms with E-state index >= 15 is 4.39 Å². The Kier molecular flexibility index (Phi) is 6.99. The molecule has 164 valence electrons. The molecule has 1 aliphatic rings. The molecule has 31 heavy (non-hydrogen) atoms. The minimum absolute atomic E-state index is 0.172. The van der Waals surface area contributed by atoms with Crippen molar-refractivity contribution in [3.63, 3.8) is 0 Å². The van der Waals surface area contributed by atoms with E-state index in [1.807, 2.05) is 0 Å². The third-order valence-corrected chi connectivity index (χ3v) is 5.59. The van der Waals surface area contributed by atoms with Crippen LogP contribution in [0.4, 0.5) is 22.0 Å². The minimum atomic E-state index is -4.17. The lowest BCUT2D eigenvalue weighted by molar-refractivity contribution is -0.187. The molecule has 2 nitrogen and oxygen atoms in total. The smallest absolute Gasteiger partial charge is 0.429 e. The first-order valence-electron chi connectivity index (χ1n) is 10.2. The molecule has 0 bridgehead atoms. The fourth-order valence-corrected chi connectivity index (χ4v) is 4.08. The first kappa shape index (κ1) is 22.8. The SMILES string of the molecule is C=CCCc1ccc(C(F)(F)Oc2cc(F)c(C#N)c(F)c2)c(F)c1C1CCCCC1. The highest BCUT2D eigenvalue weighted by molar-refractivity contribution is 5.41. The van der Waals surface area contributed by atoms with Gasteiger partial charge in [0.25, 0.3) is 0 Å². The molecule has 0 aliphatic heterocycles. The van der Waals surface area contributed by atoms with Crippen LogP contribution in [0.15, 0.2) is 36.9 Å². The van der Waals surface area contributed by atoms with Crippen molar-refractivity contribution < 1.29 is 26.7 Å². The van der Waals surface area contributed by atoms with Gasteiger partial charge in [0.15, 0.2) is 0 Å². The Hall–Kier alpha value is -2.88. The van der Waals surface area contributed by atoms with E-state index in [2.05, 4.69) is 11.3 Å². The number of allylic oxidation sites excluding steroid dienone is 1. The molecule has 0 atom stereocenters. The molecule has 0 heterocycles. The fourth-order valence-electron chi connectivity index (χ4n) is 4.08. The minimum Gasteiger partial charge on any atom is -0.429 e. The molecule has 1 aliphatic carbocycles. The Balaban J connectivity index is 2.00. The number of hydrogen-bond acceptors (Lipinski definition) is 2.